The second-order valence-electron chi connectivity index (χ2n) is 6.53. The van der Waals surface area contributed by atoms with Gasteiger partial charge in [-0.15, -0.1) is 0 Å². The van der Waals surface area contributed by atoms with Crippen molar-refractivity contribution < 1.29 is 9.59 Å². The fraction of sp³-hybridized carbons (Fsp3) is 0.364. The molecule has 0 unspecified atom stereocenters. The Labute approximate surface area is 162 Å². The summed E-state index contributed by atoms with van der Waals surface area (Å²) in [5.41, 5.74) is 3.80. The summed E-state index contributed by atoms with van der Waals surface area (Å²) < 4.78 is 0. The minimum Gasteiger partial charge on any atom is -0.372 e. The number of rotatable bonds is 8. The van der Waals surface area contributed by atoms with Crippen LogP contribution in [0.25, 0.3) is 0 Å². The summed E-state index contributed by atoms with van der Waals surface area (Å²) in [5, 5.41) is 2.91. The Morgan fingerprint density at radius 1 is 0.963 bits per heavy atom. The van der Waals surface area contributed by atoms with E-state index >= 15 is 0 Å². The minimum atomic E-state index is -0.107. The lowest BCUT2D eigenvalue weighted by Crippen LogP contribution is -2.32. The summed E-state index contributed by atoms with van der Waals surface area (Å²) in [7, 11) is 0. The van der Waals surface area contributed by atoms with Crippen molar-refractivity contribution >= 4 is 28.9 Å². The monoisotopic (exact) mass is 367 g/mol. The van der Waals surface area contributed by atoms with Crippen molar-refractivity contribution in [2.45, 2.75) is 34.1 Å². The van der Waals surface area contributed by atoms with Crippen LogP contribution < -0.4 is 15.1 Å². The lowest BCUT2D eigenvalue weighted by atomic mass is 10.2. The molecule has 5 heteroatoms. The van der Waals surface area contributed by atoms with Crippen LogP contribution in [0.2, 0.25) is 0 Å². The van der Waals surface area contributed by atoms with Gasteiger partial charge in [0.1, 0.15) is 0 Å². The largest absolute Gasteiger partial charge is 0.372 e. The molecule has 0 saturated carbocycles. The van der Waals surface area contributed by atoms with Gasteiger partial charge in [0.2, 0.25) is 11.8 Å². The number of hydrogen-bond donors (Lipinski definition) is 1. The lowest BCUT2D eigenvalue weighted by molar-refractivity contribution is -0.117. The van der Waals surface area contributed by atoms with Crippen LogP contribution in [0.1, 0.15) is 32.8 Å². The van der Waals surface area contributed by atoms with E-state index in [0.717, 1.165) is 35.7 Å². The van der Waals surface area contributed by atoms with E-state index in [1.807, 2.05) is 55.5 Å². The molecule has 0 spiro atoms. The standard InChI is InChI=1S/C22H29N3O2/c1-5-24(6-2)20-12-10-19(11-13-20)23-22(27)14-15-25(18(4)26)21-9-7-8-17(3)16-21/h7-13,16H,5-6,14-15H2,1-4H3,(H,23,27). The van der Waals surface area contributed by atoms with Crippen molar-refractivity contribution in [2.24, 2.45) is 0 Å². The highest BCUT2D eigenvalue weighted by Crippen LogP contribution is 2.19. The van der Waals surface area contributed by atoms with E-state index in [4.69, 9.17) is 0 Å². The van der Waals surface area contributed by atoms with Gasteiger partial charge in [-0.1, -0.05) is 12.1 Å². The third-order valence-electron chi connectivity index (χ3n) is 4.54. The Kier molecular flexibility index (Phi) is 7.41. The van der Waals surface area contributed by atoms with Crippen LogP contribution in [0.3, 0.4) is 0 Å². The molecule has 2 rings (SSSR count). The Balaban J connectivity index is 1.95. The SMILES string of the molecule is CCN(CC)c1ccc(NC(=O)CCN(C(C)=O)c2cccc(C)c2)cc1. The molecule has 2 aromatic rings. The third-order valence-corrected chi connectivity index (χ3v) is 4.54. The molecule has 144 valence electrons. The molecule has 0 aliphatic rings. The zero-order chi connectivity index (χ0) is 19.8. The van der Waals surface area contributed by atoms with Crippen molar-refractivity contribution in [2.75, 3.05) is 34.8 Å². The molecule has 2 aromatic carbocycles. The van der Waals surface area contributed by atoms with Crippen LogP contribution in [-0.4, -0.2) is 31.4 Å². The molecule has 27 heavy (non-hydrogen) atoms. The molecule has 0 aliphatic heterocycles. The maximum atomic E-state index is 12.3. The molecular formula is C22H29N3O2. The number of nitrogens with one attached hydrogen (secondary N) is 1. The third kappa shape index (κ3) is 5.84. The van der Waals surface area contributed by atoms with E-state index in [1.54, 1.807) is 4.90 Å². The second-order valence-corrected chi connectivity index (χ2v) is 6.53. The quantitative estimate of drug-likeness (QED) is 0.760. The van der Waals surface area contributed by atoms with E-state index in [-0.39, 0.29) is 18.2 Å². The van der Waals surface area contributed by atoms with E-state index in [1.165, 1.54) is 6.92 Å². The van der Waals surface area contributed by atoms with E-state index < -0.39 is 0 Å². The first kappa shape index (κ1) is 20.5. The average molecular weight is 367 g/mol. The highest BCUT2D eigenvalue weighted by Gasteiger charge is 2.14. The number of aryl methyl sites for hydroxylation is 1. The molecule has 0 heterocycles. The predicted molar refractivity (Wildman–Crippen MR) is 112 cm³/mol. The zero-order valence-corrected chi connectivity index (χ0v) is 16.7. The van der Waals surface area contributed by atoms with Crippen LogP contribution in [0.5, 0.6) is 0 Å². The summed E-state index contributed by atoms with van der Waals surface area (Å²) >= 11 is 0. The normalized spacial score (nSPS) is 10.4. The van der Waals surface area contributed by atoms with E-state index in [9.17, 15) is 9.59 Å². The predicted octanol–water partition coefficient (Wildman–Crippen LogP) is 4.22. The first-order valence-corrected chi connectivity index (χ1v) is 9.44. The molecule has 0 bridgehead atoms. The highest BCUT2D eigenvalue weighted by atomic mass is 16.2. The van der Waals surface area contributed by atoms with E-state index in [0.29, 0.717) is 6.54 Å². The fourth-order valence-electron chi connectivity index (χ4n) is 3.05. The Morgan fingerprint density at radius 3 is 2.19 bits per heavy atom. The number of nitrogens with zero attached hydrogens (tertiary/aromatic N) is 2. The Morgan fingerprint density at radius 2 is 1.63 bits per heavy atom. The van der Waals surface area contributed by atoms with Gasteiger partial charge in [0.25, 0.3) is 0 Å². The van der Waals surface area contributed by atoms with Crippen LogP contribution in [-0.2, 0) is 9.59 Å². The fourth-order valence-corrected chi connectivity index (χ4v) is 3.05. The van der Waals surface area contributed by atoms with Gasteiger partial charge in [-0.3, -0.25) is 9.59 Å². The first-order chi connectivity index (χ1) is 12.9. The number of anilines is 3. The second kappa shape index (κ2) is 9.76. The summed E-state index contributed by atoms with van der Waals surface area (Å²) in [5.74, 6) is -0.179. The lowest BCUT2D eigenvalue weighted by Gasteiger charge is -2.22. The highest BCUT2D eigenvalue weighted by molar-refractivity contribution is 5.94. The topological polar surface area (TPSA) is 52.7 Å². The van der Waals surface area contributed by atoms with Gasteiger partial charge in [0.05, 0.1) is 0 Å². The van der Waals surface area contributed by atoms with Crippen LogP contribution in [0, 0.1) is 6.92 Å². The number of carbonyl (C=O) groups is 2. The molecule has 0 atom stereocenters. The molecule has 2 amide bonds. The summed E-state index contributed by atoms with van der Waals surface area (Å²) in [6, 6.07) is 15.6. The van der Waals surface area contributed by atoms with Gasteiger partial charge in [0, 0.05) is 50.0 Å². The first-order valence-electron chi connectivity index (χ1n) is 9.44. The number of amides is 2. The molecule has 0 aliphatic carbocycles. The van der Waals surface area contributed by atoms with Crippen molar-refractivity contribution in [1.29, 1.82) is 0 Å². The Hall–Kier alpha value is -2.82. The zero-order valence-electron chi connectivity index (χ0n) is 16.7. The molecule has 1 N–H and O–H groups in total. The minimum absolute atomic E-state index is 0.0722. The van der Waals surface area contributed by atoms with E-state index in [2.05, 4.69) is 24.1 Å². The number of hydrogen-bond acceptors (Lipinski definition) is 3. The maximum absolute atomic E-state index is 12.3. The molecule has 0 saturated heterocycles. The van der Waals surface area contributed by atoms with Gasteiger partial charge in [-0.2, -0.15) is 0 Å². The molecule has 0 radical (unpaired) electrons. The van der Waals surface area contributed by atoms with Gasteiger partial charge in [-0.05, 0) is 62.7 Å². The Bertz CT molecular complexity index is 767. The molecule has 0 fully saturated rings. The summed E-state index contributed by atoms with van der Waals surface area (Å²) in [6.07, 6.45) is 0.241. The smallest absolute Gasteiger partial charge is 0.226 e. The van der Waals surface area contributed by atoms with Gasteiger partial charge >= 0.3 is 0 Å². The van der Waals surface area contributed by atoms with Crippen LogP contribution in [0.15, 0.2) is 48.5 Å². The van der Waals surface area contributed by atoms with Crippen molar-refractivity contribution in [1.82, 2.24) is 0 Å². The molecule has 0 aromatic heterocycles. The summed E-state index contributed by atoms with van der Waals surface area (Å²) in [4.78, 5) is 28.2. The van der Waals surface area contributed by atoms with Crippen LogP contribution >= 0.6 is 0 Å². The maximum Gasteiger partial charge on any atom is 0.226 e. The average Bonchev–Trinajstić information content (AvgIpc) is 2.64. The summed E-state index contributed by atoms with van der Waals surface area (Å²) in [6.45, 7) is 9.98. The van der Waals surface area contributed by atoms with Crippen molar-refractivity contribution in [3.05, 3.63) is 54.1 Å². The molecular weight excluding hydrogens is 338 g/mol. The van der Waals surface area contributed by atoms with Gasteiger partial charge in [0.15, 0.2) is 0 Å². The van der Waals surface area contributed by atoms with Crippen molar-refractivity contribution in [3.63, 3.8) is 0 Å². The number of benzene rings is 2. The molecule has 5 nitrogen and oxygen atoms in total. The number of carbonyl (C=O) groups excluding carboxylic acids is 2. The van der Waals surface area contributed by atoms with Crippen molar-refractivity contribution in [3.8, 4) is 0 Å². The van der Waals surface area contributed by atoms with Crippen LogP contribution in [0.4, 0.5) is 17.1 Å². The van der Waals surface area contributed by atoms with Gasteiger partial charge < -0.3 is 15.1 Å². The van der Waals surface area contributed by atoms with Gasteiger partial charge in [-0.25, -0.2) is 0 Å².